The van der Waals surface area contributed by atoms with Crippen LogP contribution in [0.5, 0.6) is 11.5 Å². The van der Waals surface area contributed by atoms with E-state index in [9.17, 15) is 14.9 Å². The van der Waals surface area contributed by atoms with Gasteiger partial charge in [-0.15, -0.1) is 0 Å². The summed E-state index contributed by atoms with van der Waals surface area (Å²) in [4.78, 5) is 33.9. The number of nitriles is 1. The molecule has 0 saturated heterocycles. The van der Waals surface area contributed by atoms with E-state index in [0.717, 1.165) is 27.5 Å². The summed E-state index contributed by atoms with van der Waals surface area (Å²) in [7, 11) is 1.58. The number of carbonyl (C=O) groups is 1. The number of aromatic nitrogens is 1. The number of benzene rings is 5. The average Bonchev–Trinajstić information content (AvgIpc) is 3.47. The Hall–Kier alpha value is -6.24. The van der Waals surface area contributed by atoms with E-state index in [1.807, 2.05) is 115 Å². The van der Waals surface area contributed by atoms with Crippen LogP contribution in [0, 0.1) is 11.3 Å². The molecule has 0 bridgehead atoms. The lowest BCUT2D eigenvalue weighted by Crippen LogP contribution is -2.40. The third kappa shape index (κ3) is 6.09. The number of carbonyl (C=O) groups excluding carboxylic acids is 1. The van der Waals surface area contributed by atoms with E-state index in [-0.39, 0.29) is 24.3 Å². The maximum Gasteiger partial charge on any atom is 0.338 e. The second-order valence-corrected chi connectivity index (χ2v) is 12.5. The summed E-state index contributed by atoms with van der Waals surface area (Å²) in [5.74, 6) is 0.607. The Kier molecular flexibility index (Phi) is 9.10. The molecule has 6 aromatic rings. The highest BCUT2D eigenvalue weighted by Gasteiger charge is 2.37. The molecule has 1 aliphatic heterocycles. The van der Waals surface area contributed by atoms with Crippen LogP contribution in [0.4, 0.5) is 0 Å². The fourth-order valence-electron chi connectivity index (χ4n) is 6.18. The molecule has 2 heterocycles. The van der Waals surface area contributed by atoms with Gasteiger partial charge in [0.15, 0.2) is 4.80 Å². The lowest BCUT2D eigenvalue weighted by atomic mass is 9.89. The molecule has 0 N–H and O–H groups in total. The Morgan fingerprint density at radius 1 is 0.940 bits per heavy atom. The van der Waals surface area contributed by atoms with Crippen molar-refractivity contribution in [1.82, 2.24) is 4.57 Å². The van der Waals surface area contributed by atoms with E-state index in [0.29, 0.717) is 37.7 Å². The van der Waals surface area contributed by atoms with E-state index in [1.54, 1.807) is 24.7 Å². The fourth-order valence-corrected chi connectivity index (χ4v) is 7.18. The Morgan fingerprint density at radius 2 is 1.68 bits per heavy atom. The summed E-state index contributed by atoms with van der Waals surface area (Å²) >= 11 is 1.25. The molecule has 9 heteroatoms. The quantitative estimate of drug-likeness (QED) is 0.161. The Balaban J connectivity index is 1.39. The lowest BCUT2D eigenvalue weighted by molar-refractivity contribution is -0.138. The second-order valence-electron chi connectivity index (χ2n) is 11.5. The van der Waals surface area contributed by atoms with E-state index >= 15 is 0 Å². The molecule has 1 atom stereocenters. The summed E-state index contributed by atoms with van der Waals surface area (Å²) in [5.41, 5.74) is 3.95. The number of methoxy groups -OCH3 is 1. The molecular formula is C41H31N3O5S. The van der Waals surface area contributed by atoms with Crippen LogP contribution in [0.15, 0.2) is 131 Å². The van der Waals surface area contributed by atoms with Gasteiger partial charge in [-0.1, -0.05) is 102 Å². The zero-order valence-corrected chi connectivity index (χ0v) is 28.1. The maximum atomic E-state index is 14.5. The minimum absolute atomic E-state index is 0.152. The van der Waals surface area contributed by atoms with Gasteiger partial charge < -0.3 is 14.2 Å². The molecule has 0 unspecified atom stereocenters. The molecule has 246 valence electrons. The molecule has 8 nitrogen and oxygen atoms in total. The summed E-state index contributed by atoms with van der Waals surface area (Å²) in [5, 5.41) is 11.2. The van der Waals surface area contributed by atoms with Crippen molar-refractivity contribution in [2.24, 2.45) is 4.99 Å². The highest BCUT2D eigenvalue weighted by Crippen LogP contribution is 2.42. The van der Waals surface area contributed by atoms with Gasteiger partial charge in [-0.05, 0) is 53.6 Å². The largest absolute Gasteiger partial charge is 0.496 e. The van der Waals surface area contributed by atoms with E-state index in [4.69, 9.17) is 19.2 Å². The number of fused-ring (bicyclic) bond motifs is 2. The predicted octanol–water partition coefficient (Wildman–Crippen LogP) is 6.55. The first-order valence-corrected chi connectivity index (χ1v) is 16.9. The van der Waals surface area contributed by atoms with Gasteiger partial charge in [0.05, 0.1) is 41.2 Å². The standard InChI is InChI=1S/C41H31N3O5S/c1-3-48-40(46)36-37(28-12-5-4-6-13-28)43-41-44(38(36)35-32-16-10-9-11-27(32)19-22-33(35)47-2)39(45)34(50-41)23-26-17-20-31(21-18-26)49-25-30-15-8-7-14-29(30)24-42/h4-23,38H,3,25H2,1-2H3/b34-23+/t38-/m1/s1. The molecule has 0 saturated carbocycles. The van der Waals surface area contributed by atoms with Gasteiger partial charge >= 0.3 is 5.97 Å². The van der Waals surface area contributed by atoms with E-state index in [2.05, 4.69) is 6.07 Å². The van der Waals surface area contributed by atoms with Crippen LogP contribution in [0.25, 0.3) is 22.5 Å². The van der Waals surface area contributed by atoms with E-state index in [1.165, 1.54) is 11.3 Å². The Bertz CT molecular complexity index is 2490. The monoisotopic (exact) mass is 677 g/mol. The third-order valence-electron chi connectivity index (χ3n) is 8.51. The van der Waals surface area contributed by atoms with Gasteiger partial charge in [0.1, 0.15) is 24.1 Å². The van der Waals surface area contributed by atoms with Crippen molar-refractivity contribution in [2.75, 3.05) is 13.7 Å². The van der Waals surface area contributed by atoms with Crippen LogP contribution in [0.3, 0.4) is 0 Å². The minimum Gasteiger partial charge on any atom is -0.496 e. The zero-order chi connectivity index (χ0) is 34.6. The highest BCUT2D eigenvalue weighted by molar-refractivity contribution is 7.07. The number of rotatable bonds is 9. The third-order valence-corrected chi connectivity index (χ3v) is 9.49. The molecule has 0 amide bonds. The highest BCUT2D eigenvalue weighted by atomic mass is 32.1. The molecule has 0 spiro atoms. The zero-order valence-electron chi connectivity index (χ0n) is 27.3. The van der Waals surface area contributed by atoms with Gasteiger partial charge in [-0.3, -0.25) is 9.36 Å². The smallest absolute Gasteiger partial charge is 0.338 e. The molecule has 0 radical (unpaired) electrons. The van der Waals surface area contributed by atoms with Crippen molar-refractivity contribution in [3.05, 3.63) is 168 Å². The van der Waals surface area contributed by atoms with Gasteiger partial charge in [0.2, 0.25) is 0 Å². The van der Waals surface area contributed by atoms with Gasteiger partial charge in [0.25, 0.3) is 5.56 Å². The first kappa shape index (κ1) is 32.3. The Labute approximate surface area is 292 Å². The summed E-state index contributed by atoms with van der Waals surface area (Å²) < 4.78 is 19.6. The predicted molar refractivity (Wildman–Crippen MR) is 193 cm³/mol. The van der Waals surface area contributed by atoms with Crippen LogP contribution >= 0.6 is 11.3 Å². The first-order chi connectivity index (χ1) is 24.5. The molecule has 7 rings (SSSR count). The van der Waals surface area contributed by atoms with Crippen molar-refractivity contribution >= 4 is 39.9 Å². The molecule has 1 aromatic heterocycles. The van der Waals surface area contributed by atoms with Crippen LogP contribution in [0.1, 0.15) is 40.8 Å². The minimum atomic E-state index is -0.893. The molecule has 0 aliphatic carbocycles. The maximum absolute atomic E-state index is 14.5. The summed E-state index contributed by atoms with van der Waals surface area (Å²) in [6, 6.07) is 37.1. The van der Waals surface area contributed by atoms with E-state index < -0.39 is 12.0 Å². The van der Waals surface area contributed by atoms with Gasteiger partial charge in [0, 0.05) is 16.7 Å². The number of thiazole rings is 1. The summed E-state index contributed by atoms with van der Waals surface area (Å²) in [6.45, 7) is 2.16. The molecule has 0 fully saturated rings. The van der Waals surface area contributed by atoms with Gasteiger partial charge in [-0.25, -0.2) is 9.79 Å². The van der Waals surface area contributed by atoms with Crippen molar-refractivity contribution in [3.8, 4) is 17.6 Å². The van der Waals surface area contributed by atoms with Crippen LogP contribution in [-0.2, 0) is 16.1 Å². The molecule has 5 aromatic carbocycles. The van der Waals surface area contributed by atoms with Crippen molar-refractivity contribution in [1.29, 1.82) is 5.26 Å². The molecular weight excluding hydrogens is 647 g/mol. The number of hydrogen-bond acceptors (Lipinski definition) is 8. The van der Waals surface area contributed by atoms with Crippen molar-refractivity contribution in [2.45, 2.75) is 19.6 Å². The fraction of sp³-hybridized carbons (Fsp3) is 0.122. The molecule has 50 heavy (non-hydrogen) atoms. The van der Waals surface area contributed by atoms with Crippen molar-refractivity contribution in [3.63, 3.8) is 0 Å². The van der Waals surface area contributed by atoms with Crippen LogP contribution in [-0.4, -0.2) is 24.3 Å². The van der Waals surface area contributed by atoms with Crippen LogP contribution < -0.4 is 24.4 Å². The summed E-state index contributed by atoms with van der Waals surface area (Å²) in [6.07, 6.45) is 1.81. The molecule has 1 aliphatic rings. The number of ether oxygens (including phenoxy) is 3. The lowest BCUT2D eigenvalue weighted by Gasteiger charge is -2.28. The first-order valence-electron chi connectivity index (χ1n) is 16.1. The normalized spacial score (nSPS) is 14.1. The van der Waals surface area contributed by atoms with Crippen molar-refractivity contribution < 1.29 is 19.0 Å². The SMILES string of the molecule is CCOC(=O)C1=C(c2ccccc2)N=c2s/c(=C/c3ccc(OCc4ccccc4C#N)cc3)c(=O)n2[C@@H]1c1c(OC)ccc2ccccc12. The topological polar surface area (TPSA) is 103 Å². The number of nitrogens with zero attached hydrogens (tertiary/aromatic N) is 3. The van der Waals surface area contributed by atoms with Crippen LogP contribution in [0.2, 0.25) is 0 Å². The van der Waals surface area contributed by atoms with Gasteiger partial charge in [-0.2, -0.15) is 5.26 Å². The average molecular weight is 678 g/mol. The second kappa shape index (κ2) is 14.1. The number of esters is 1. The Morgan fingerprint density at radius 3 is 2.44 bits per heavy atom. The number of hydrogen-bond donors (Lipinski definition) is 0.